The zero-order chi connectivity index (χ0) is 15.6. The molecular formula is C14H14F3N3O. The molecule has 0 unspecified atom stereocenters. The lowest BCUT2D eigenvalue weighted by Crippen LogP contribution is -2.15. The highest BCUT2D eigenvalue weighted by atomic mass is 19.4. The number of alkyl halides is 3. The monoisotopic (exact) mass is 297 g/mol. The second-order valence-electron chi connectivity index (χ2n) is 4.40. The Morgan fingerprint density at radius 1 is 1.19 bits per heavy atom. The van der Waals surface area contributed by atoms with Crippen LogP contribution in [-0.4, -0.2) is 19.1 Å². The van der Waals surface area contributed by atoms with E-state index >= 15 is 0 Å². The first-order chi connectivity index (χ1) is 9.81. The number of nitrogens with two attached hydrogens (primary N) is 1. The van der Waals surface area contributed by atoms with Gasteiger partial charge in [0.1, 0.15) is 17.4 Å². The molecule has 1 aromatic carbocycles. The van der Waals surface area contributed by atoms with Crippen LogP contribution < -0.4 is 15.4 Å². The number of hydrogen-bond acceptors (Lipinski definition) is 4. The fourth-order valence-electron chi connectivity index (χ4n) is 1.82. The molecule has 1 aromatic heterocycles. The van der Waals surface area contributed by atoms with Gasteiger partial charge in [-0.2, -0.15) is 13.2 Å². The highest BCUT2D eigenvalue weighted by Crippen LogP contribution is 2.34. The van der Waals surface area contributed by atoms with Crippen LogP contribution in [0.1, 0.15) is 5.56 Å². The second-order valence-corrected chi connectivity index (χ2v) is 4.40. The van der Waals surface area contributed by atoms with Crippen LogP contribution in [0.25, 0.3) is 0 Å². The number of pyridine rings is 1. The van der Waals surface area contributed by atoms with Crippen LogP contribution in [0.4, 0.5) is 30.5 Å². The molecule has 0 aliphatic rings. The molecule has 0 aliphatic carbocycles. The molecule has 2 aromatic rings. The minimum atomic E-state index is -4.47. The maximum Gasteiger partial charge on any atom is 0.416 e. The fourth-order valence-corrected chi connectivity index (χ4v) is 1.82. The fraction of sp³-hybridized carbons (Fsp3) is 0.214. The summed E-state index contributed by atoms with van der Waals surface area (Å²) in [6, 6.07) is 8.67. The third-order valence-corrected chi connectivity index (χ3v) is 2.94. The molecule has 1 heterocycles. The van der Waals surface area contributed by atoms with Crippen LogP contribution in [0.5, 0.6) is 5.75 Å². The smallest absolute Gasteiger partial charge is 0.416 e. The van der Waals surface area contributed by atoms with Gasteiger partial charge in [0, 0.05) is 18.8 Å². The van der Waals surface area contributed by atoms with E-state index in [0.717, 1.165) is 12.1 Å². The molecule has 0 fully saturated rings. The van der Waals surface area contributed by atoms with Crippen molar-refractivity contribution >= 4 is 17.3 Å². The number of rotatable bonds is 3. The highest BCUT2D eigenvalue weighted by Gasteiger charge is 2.31. The minimum Gasteiger partial charge on any atom is -0.497 e. The topological polar surface area (TPSA) is 51.4 Å². The van der Waals surface area contributed by atoms with Gasteiger partial charge in [0.2, 0.25) is 0 Å². The largest absolute Gasteiger partial charge is 0.497 e. The van der Waals surface area contributed by atoms with Crippen LogP contribution in [-0.2, 0) is 6.18 Å². The van der Waals surface area contributed by atoms with E-state index in [2.05, 4.69) is 4.98 Å². The lowest BCUT2D eigenvalue weighted by molar-refractivity contribution is -0.137. The summed E-state index contributed by atoms with van der Waals surface area (Å²) in [5, 5.41) is 0. The predicted octanol–water partition coefficient (Wildman–Crippen LogP) is 3.46. The molecular weight excluding hydrogens is 283 g/mol. The molecule has 0 saturated heterocycles. The summed E-state index contributed by atoms with van der Waals surface area (Å²) in [5.41, 5.74) is 5.27. The summed E-state index contributed by atoms with van der Waals surface area (Å²) < 4.78 is 43.5. The first-order valence-electron chi connectivity index (χ1n) is 6.04. The summed E-state index contributed by atoms with van der Waals surface area (Å²) >= 11 is 0. The molecule has 0 radical (unpaired) electrons. The van der Waals surface area contributed by atoms with Gasteiger partial charge < -0.3 is 15.4 Å². The summed E-state index contributed by atoms with van der Waals surface area (Å²) in [7, 11) is 3.12. The number of hydrogen-bond donors (Lipinski definition) is 1. The maximum atomic E-state index is 12.8. The molecule has 0 aliphatic heterocycles. The molecule has 0 amide bonds. The molecule has 4 nitrogen and oxygen atoms in total. The maximum absolute atomic E-state index is 12.8. The van der Waals surface area contributed by atoms with Crippen LogP contribution in [0.15, 0.2) is 36.4 Å². The van der Waals surface area contributed by atoms with Gasteiger partial charge in [0.05, 0.1) is 12.7 Å². The van der Waals surface area contributed by atoms with E-state index in [1.165, 1.54) is 12.0 Å². The van der Waals surface area contributed by atoms with Gasteiger partial charge in [-0.3, -0.25) is 0 Å². The van der Waals surface area contributed by atoms with Gasteiger partial charge in [0.15, 0.2) is 0 Å². The Balaban J connectivity index is 2.43. The lowest BCUT2D eigenvalue weighted by atomic mass is 10.2. The number of halogens is 3. The third-order valence-electron chi connectivity index (χ3n) is 2.94. The Labute approximate surface area is 120 Å². The molecule has 0 spiro atoms. The van der Waals surface area contributed by atoms with Crippen molar-refractivity contribution in [1.29, 1.82) is 0 Å². The van der Waals surface area contributed by atoms with Crippen LogP contribution in [0.3, 0.4) is 0 Å². The molecule has 0 bridgehead atoms. The Morgan fingerprint density at radius 2 is 1.90 bits per heavy atom. The zero-order valence-electron chi connectivity index (χ0n) is 11.5. The third kappa shape index (κ3) is 3.36. The summed E-state index contributed by atoms with van der Waals surface area (Å²) in [4.78, 5) is 5.45. The Kier molecular flexibility index (Phi) is 3.93. The van der Waals surface area contributed by atoms with E-state index < -0.39 is 11.7 Å². The van der Waals surface area contributed by atoms with E-state index in [-0.39, 0.29) is 11.6 Å². The SMILES string of the molecule is COc1cccc(N(C)c2cc(C(F)(F)F)cc(N)n2)c1. The normalized spacial score (nSPS) is 11.3. The minimum absolute atomic E-state index is 0.107. The average molecular weight is 297 g/mol. The van der Waals surface area contributed by atoms with Gasteiger partial charge in [-0.25, -0.2) is 4.98 Å². The van der Waals surface area contributed by atoms with Crippen LogP contribution >= 0.6 is 0 Å². The Hall–Kier alpha value is -2.44. The second kappa shape index (κ2) is 5.51. The first kappa shape index (κ1) is 15.0. The van der Waals surface area contributed by atoms with Crippen molar-refractivity contribution in [1.82, 2.24) is 4.98 Å². The van der Waals surface area contributed by atoms with Gasteiger partial charge in [-0.15, -0.1) is 0 Å². The van der Waals surface area contributed by atoms with Gasteiger partial charge in [-0.05, 0) is 24.3 Å². The number of benzene rings is 1. The van der Waals surface area contributed by atoms with Gasteiger partial charge >= 0.3 is 6.18 Å². The first-order valence-corrected chi connectivity index (χ1v) is 6.04. The number of anilines is 3. The molecule has 2 rings (SSSR count). The van der Waals surface area contributed by atoms with E-state index in [1.54, 1.807) is 31.3 Å². The predicted molar refractivity (Wildman–Crippen MR) is 74.7 cm³/mol. The van der Waals surface area contributed by atoms with E-state index in [4.69, 9.17) is 10.5 Å². The molecule has 7 heteroatoms. The van der Waals surface area contributed by atoms with Crippen molar-refractivity contribution in [2.24, 2.45) is 0 Å². The van der Waals surface area contributed by atoms with Crippen LogP contribution in [0, 0.1) is 0 Å². The summed E-state index contributed by atoms with van der Waals surface area (Å²) in [6.07, 6.45) is -4.47. The molecule has 0 saturated carbocycles. The molecule has 0 atom stereocenters. The molecule has 112 valence electrons. The highest BCUT2D eigenvalue weighted by molar-refractivity contribution is 5.63. The Bertz CT molecular complexity index is 644. The zero-order valence-corrected chi connectivity index (χ0v) is 11.5. The van der Waals surface area contributed by atoms with E-state index in [1.807, 2.05) is 0 Å². The molecule has 2 N–H and O–H groups in total. The van der Waals surface area contributed by atoms with E-state index in [0.29, 0.717) is 11.4 Å². The molecule has 21 heavy (non-hydrogen) atoms. The van der Waals surface area contributed by atoms with Crippen molar-refractivity contribution in [3.63, 3.8) is 0 Å². The van der Waals surface area contributed by atoms with Crippen molar-refractivity contribution < 1.29 is 17.9 Å². The number of ether oxygens (including phenoxy) is 1. The standard InChI is InChI=1S/C14H14F3N3O/c1-20(10-4-3-5-11(8-10)21-2)13-7-9(14(15,16)17)6-12(18)19-13/h3-8H,1-2H3,(H2,18,19). The number of nitrogens with zero attached hydrogens (tertiary/aromatic N) is 2. The van der Waals surface area contributed by atoms with Crippen molar-refractivity contribution in [2.45, 2.75) is 6.18 Å². The van der Waals surface area contributed by atoms with Crippen molar-refractivity contribution in [3.8, 4) is 5.75 Å². The lowest BCUT2D eigenvalue weighted by Gasteiger charge is -2.20. The number of aromatic nitrogens is 1. The van der Waals surface area contributed by atoms with Gasteiger partial charge in [0.25, 0.3) is 0 Å². The van der Waals surface area contributed by atoms with E-state index in [9.17, 15) is 13.2 Å². The Morgan fingerprint density at radius 3 is 2.52 bits per heavy atom. The van der Waals surface area contributed by atoms with Gasteiger partial charge in [-0.1, -0.05) is 6.07 Å². The summed E-state index contributed by atoms with van der Waals surface area (Å²) in [6.45, 7) is 0. The average Bonchev–Trinajstić information content (AvgIpc) is 2.45. The number of nitrogen functional groups attached to an aromatic ring is 1. The van der Waals surface area contributed by atoms with Crippen molar-refractivity contribution in [2.75, 3.05) is 24.8 Å². The summed E-state index contributed by atoms with van der Waals surface area (Å²) in [5.74, 6) is 0.518. The quantitative estimate of drug-likeness (QED) is 0.942. The van der Waals surface area contributed by atoms with Crippen LogP contribution in [0.2, 0.25) is 0 Å². The number of methoxy groups -OCH3 is 1. The van der Waals surface area contributed by atoms with Crippen molar-refractivity contribution in [3.05, 3.63) is 42.0 Å².